The Hall–Kier alpha value is -2.82. The molecule has 2 N–H and O–H groups in total. The molecule has 3 amide bonds. The van der Waals surface area contributed by atoms with Gasteiger partial charge in [-0.3, -0.25) is 4.79 Å². The molecule has 1 aliphatic heterocycles. The smallest absolute Gasteiger partial charge is 0.317 e. The van der Waals surface area contributed by atoms with Gasteiger partial charge >= 0.3 is 6.03 Å². The summed E-state index contributed by atoms with van der Waals surface area (Å²) in [5.41, 5.74) is 4.25. The molecule has 3 rings (SSSR count). The molecule has 1 aliphatic rings. The number of fused-ring (bicyclic) bond motifs is 1. The van der Waals surface area contributed by atoms with Gasteiger partial charge in [0, 0.05) is 37.7 Å². The third-order valence-electron chi connectivity index (χ3n) is 5.38. The number of nitrogens with one attached hydrogen (secondary N) is 2. The minimum atomic E-state index is -0.0998. The van der Waals surface area contributed by atoms with Crippen LogP contribution in [0.15, 0.2) is 48.5 Å². The number of carbonyl (C=O) groups is 2. The molecule has 0 saturated carbocycles. The fraction of sp³-hybridized carbons (Fsp3) is 0.391. The van der Waals surface area contributed by atoms with Gasteiger partial charge in [0.05, 0.1) is 0 Å². The number of urea groups is 1. The van der Waals surface area contributed by atoms with Crippen molar-refractivity contribution in [1.29, 1.82) is 0 Å². The molecule has 0 bridgehead atoms. The van der Waals surface area contributed by atoms with E-state index >= 15 is 0 Å². The summed E-state index contributed by atoms with van der Waals surface area (Å²) in [6.45, 7) is 6.35. The van der Waals surface area contributed by atoms with E-state index in [9.17, 15) is 9.59 Å². The number of rotatable bonds is 4. The van der Waals surface area contributed by atoms with Crippen molar-refractivity contribution < 1.29 is 9.59 Å². The monoisotopic (exact) mass is 379 g/mol. The highest BCUT2D eigenvalue weighted by atomic mass is 16.2. The van der Waals surface area contributed by atoms with Gasteiger partial charge in [-0.15, -0.1) is 0 Å². The van der Waals surface area contributed by atoms with Gasteiger partial charge in [-0.25, -0.2) is 4.79 Å². The van der Waals surface area contributed by atoms with E-state index in [4.69, 9.17) is 0 Å². The minimum Gasteiger partial charge on any atom is -0.355 e. The zero-order valence-electron chi connectivity index (χ0n) is 16.9. The number of amides is 3. The molecule has 0 unspecified atom stereocenters. The standard InChI is InChI=1S/C23H29N3O2/c1-23(2)16-26(14-12-18-8-4-5-10-20(18)23)22(28)25-13-11-17-7-6-9-19(15-17)21(27)24-3/h4-10,15H,11-14,16H2,1-3H3,(H,24,27)(H,25,28). The van der Waals surface area contributed by atoms with Crippen LogP contribution in [-0.4, -0.2) is 43.5 Å². The molecule has 0 atom stereocenters. The second kappa shape index (κ2) is 8.46. The molecule has 2 aromatic carbocycles. The summed E-state index contributed by atoms with van der Waals surface area (Å²) in [4.78, 5) is 26.4. The van der Waals surface area contributed by atoms with E-state index in [0.29, 0.717) is 25.1 Å². The molecule has 0 fully saturated rings. The van der Waals surface area contributed by atoms with Gasteiger partial charge < -0.3 is 15.5 Å². The SMILES string of the molecule is CNC(=O)c1cccc(CCNC(=O)N2CCc3ccccc3C(C)(C)C2)c1. The summed E-state index contributed by atoms with van der Waals surface area (Å²) in [7, 11) is 1.62. The van der Waals surface area contributed by atoms with Crippen molar-refractivity contribution in [2.24, 2.45) is 0 Å². The largest absolute Gasteiger partial charge is 0.355 e. The predicted molar refractivity (Wildman–Crippen MR) is 112 cm³/mol. The number of hydrogen-bond acceptors (Lipinski definition) is 2. The summed E-state index contributed by atoms with van der Waals surface area (Å²) < 4.78 is 0. The van der Waals surface area contributed by atoms with E-state index in [2.05, 4.69) is 48.7 Å². The zero-order valence-corrected chi connectivity index (χ0v) is 16.9. The quantitative estimate of drug-likeness (QED) is 0.857. The average Bonchev–Trinajstić information content (AvgIpc) is 2.84. The Balaban J connectivity index is 1.58. The first-order valence-electron chi connectivity index (χ1n) is 9.83. The van der Waals surface area contributed by atoms with Crippen LogP contribution in [0.3, 0.4) is 0 Å². The molecular weight excluding hydrogens is 350 g/mol. The molecule has 0 radical (unpaired) electrons. The summed E-state index contributed by atoms with van der Waals surface area (Å²) in [5, 5.41) is 5.67. The number of nitrogens with zero attached hydrogens (tertiary/aromatic N) is 1. The number of hydrogen-bond donors (Lipinski definition) is 2. The fourth-order valence-corrected chi connectivity index (χ4v) is 3.91. The predicted octanol–water partition coefficient (Wildman–Crippen LogP) is 3.13. The van der Waals surface area contributed by atoms with Crippen molar-refractivity contribution in [3.05, 3.63) is 70.8 Å². The van der Waals surface area contributed by atoms with Crippen molar-refractivity contribution in [3.8, 4) is 0 Å². The van der Waals surface area contributed by atoms with Crippen molar-refractivity contribution in [2.75, 3.05) is 26.7 Å². The van der Waals surface area contributed by atoms with Gasteiger partial charge in [-0.2, -0.15) is 0 Å². The van der Waals surface area contributed by atoms with Crippen LogP contribution in [0.2, 0.25) is 0 Å². The number of carbonyl (C=O) groups excluding carboxylic acids is 2. The lowest BCUT2D eigenvalue weighted by Crippen LogP contribution is -2.45. The minimum absolute atomic E-state index is 0.0247. The van der Waals surface area contributed by atoms with Gasteiger partial charge in [-0.05, 0) is 41.7 Å². The lowest BCUT2D eigenvalue weighted by Gasteiger charge is -2.31. The normalized spacial score (nSPS) is 15.3. The van der Waals surface area contributed by atoms with E-state index in [1.807, 2.05) is 23.1 Å². The molecule has 2 aromatic rings. The fourth-order valence-electron chi connectivity index (χ4n) is 3.91. The first-order valence-corrected chi connectivity index (χ1v) is 9.83. The van der Waals surface area contributed by atoms with E-state index in [1.165, 1.54) is 11.1 Å². The third kappa shape index (κ3) is 4.53. The van der Waals surface area contributed by atoms with Crippen molar-refractivity contribution >= 4 is 11.9 Å². The molecule has 148 valence electrons. The average molecular weight is 380 g/mol. The second-order valence-electron chi connectivity index (χ2n) is 7.97. The van der Waals surface area contributed by atoms with Crippen LogP contribution in [0.5, 0.6) is 0 Å². The maximum atomic E-state index is 12.8. The third-order valence-corrected chi connectivity index (χ3v) is 5.38. The topological polar surface area (TPSA) is 61.4 Å². The van der Waals surface area contributed by atoms with Crippen molar-refractivity contribution in [2.45, 2.75) is 32.1 Å². The molecule has 5 heteroatoms. The van der Waals surface area contributed by atoms with Gasteiger partial charge in [-0.1, -0.05) is 50.2 Å². The van der Waals surface area contributed by atoms with Crippen molar-refractivity contribution in [1.82, 2.24) is 15.5 Å². The van der Waals surface area contributed by atoms with Crippen LogP contribution in [0, 0.1) is 0 Å². The van der Waals surface area contributed by atoms with E-state index < -0.39 is 0 Å². The van der Waals surface area contributed by atoms with Gasteiger partial charge in [0.1, 0.15) is 0 Å². The highest BCUT2D eigenvalue weighted by Gasteiger charge is 2.31. The summed E-state index contributed by atoms with van der Waals surface area (Å²) in [6.07, 6.45) is 1.56. The molecule has 0 saturated heterocycles. The van der Waals surface area contributed by atoms with Crippen LogP contribution in [0.4, 0.5) is 4.79 Å². The Morgan fingerprint density at radius 3 is 2.68 bits per heavy atom. The Morgan fingerprint density at radius 2 is 1.89 bits per heavy atom. The maximum Gasteiger partial charge on any atom is 0.317 e. The van der Waals surface area contributed by atoms with Crippen molar-refractivity contribution in [3.63, 3.8) is 0 Å². The van der Waals surface area contributed by atoms with E-state index in [-0.39, 0.29) is 17.4 Å². The maximum absolute atomic E-state index is 12.8. The molecular formula is C23H29N3O2. The van der Waals surface area contributed by atoms with Crippen LogP contribution in [0.1, 0.15) is 40.9 Å². The van der Waals surface area contributed by atoms with Gasteiger partial charge in [0.15, 0.2) is 0 Å². The van der Waals surface area contributed by atoms with Crippen LogP contribution >= 0.6 is 0 Å². The van der Waals surface area contributed by atoms with Crippen LogP contribution in [-0.2, 0) is 18.3 Å². The molecule has 1 heterocycles. The van der Waals surface area contributed by atoms with Crippen LogP contribution in [0.25, 0.3) is 0 Å². The first kappa shape index (κ1) is 19.9. The molecule has 0 aliphatic carbocycles. The van der Waals surface area contributed by atoms with E-state index in [1.54, 1.807) is 13.1 Å². The number of benzene rings is 2. The Bertz CT molecular complexity index is 860. The van der Waals surface area contributed by atoms with E-state index in [0.717, 1.165) is 18.5 Å². The Morgan fingerprint density at radius 1 is 1.11 bits per heavy atom. The lowest BCUT2D eigenvalue weighted by atomic mass is 9.82. The molecule has 0 spiro atoms. The Labute approximate surface area is 167 Å². The summed E-state index contributed by atoms with van der Waals surface area (Å²) >= 11 is 0. The molecule has 5 nitrogen and oxygen atoms in total. The van der Waals surface area contributed by atoms with Crippen LogP contribution < -0.4 is 10.6 Å². The lowest BCUT2D eigenvalue weighted by molar-refractivity contribution is 0.0963. The second-order valence-corrected chi connectivity index (χ2v) is 7.97. The zero-order chi connectivity index (χ0) is 20.1. The summed E-state index contributed by atoms with van der Waals surface area (Å²) in [5.74, 6) is -0.0998. The molecule has 0 aromatic heterocycles. The first-order chi connectivity index (χ1) is 13.4. The highest BCUT2D eigenvalue weighted by Crippen LogP contribution is 2.30. The van der Waals surface area contributed by atoms with Gasteiger partial charge in [0.2, 0.25) is 0 Å². The Kier molecular flexibility index (Phi) is 6.02. The highest BCUT2D eigenvalue weighted by molar-refractivity contribution is 5.94. The molecule has 28 heavy (non-hydrogen) atoms. The van der Waals surface area contributed by atoms with Gasteiger partial charge in [0.25, 0.3) is 5.91 Å². The summed E-state index contributed by atoms with van der Waals surface area (Å²) in [6, 6.07) is 16.0.